The van der Waals surface area contributed by atoms with Crippen LogP contribution in [-0.4, -0.2) is 41.0 Å². The first-order valence-corrected chi connectivity index (χ1v) is 9.75. The summed E-state index contributed by atoms with van der Waals surface area (Å²) in [6, 6.07) is 14.3. The molecule has 2 aromatic rings. The van der Waals surface area contributed by atoms with Gasteiger partial charge in [-0.3, -0.25) is 9.59 Å². The average Bonchev–Trinajstić information content (AvgIpc) is 3.30. The van der Waals surface area contributed by atoms with Crippen molar-refractivity contribution in [1.82, 2.24) is 10.0 Å². The molecule has 0 bridgehead atoms. The van der Waals surface area contributed by atoms with E-state index in [4.69, 9.17) is 23.2 Å². The van der Waals surface area contributed by atoms with Gasteiger partial charge in [-0.1, -0.05) is 59.6 Å². The van der Waals surface area contributed by atoms with Crippen LogP contribution in [0.3, 0.4) is 0 Å². The number of amides is 2. The molecule has 2 aromatic carbocycles. The molecular formula is C20H17Cl2N3O2. The number of nitrogens with zero attached hydrogens (tertiary/aromatic N) is 3. The van der Waals surface area contributed by atoms with Crippen molar-refractivity contribution in [2.75, 3.05) is 18.0 Å². The van der Waals surface area contributed by atoms with Crippen LogP contribution in [0.2, 0.25) is 10.0 Å². The number of hydrogen-bond acceptors (Lipinski definition) is 4. The third-order valence-corrected chi connectivity index (χ3v) is 6.32. The van der Waals surface area contributed by atoms with E-state index in [0.717, 1.165) is 25.1 Å². The van der Waals surface area contributed by atoms with Gasteiger partial charge in [0.2, 0.25) is 5.91 Å². The van der Waals surface area contributed by atoms with Gasteiger partial charge in [-0.25, -0.2) is 14.9 Å². The zero-order valence-electron chi connectivity index (χ0n) is 14.4. The first-order chi connectivity index (χ1) is 13.1. The van der Waals surface area contributed by atoms with Crippen molar-refractivity contribution >= 4 is 40.7 Å². The molecule has 27 heavy (non-hydrogen) atoms. The molecule has 3 aliphatic rings. The maximum Gasteiger partial charge on any atom is 0.253 e. The van der Waals surface area contributed by atoms with Gasteiger partial charge >= 0.3 is 0 Å². The SMILES string of the molecule is O=C1C2C(C(=O)N1c1c(Cl)cccc1Cl)N1CCCN1C2c1ccccc1. The lowest BCUT2D eigenvalue weighted by Crippen LogP contribution is -2.44. The largest absolute Gasteiger partial charge is 0.274 e. The maximum atomic E-state index is 13.5. The van der Waals surface area contributed by atoms with E-state index >= 15 is 0 Å². The Morgan fingerprint density at radius 3 is 2.07 bits per heavy atom. The molecule has 0 radical (unpaired) electrons. The molecule has 3 unspecified atom stereocenters. The number of anilines is 1. The summed E-state index contributed by atoms with van der Waals surface area (Å²) in [5, 5.41) is 4.86. The minimum atomic E-state index is -0.502. The Morgan fingerprint density at radius 2 is 1.41 bits per heavy atom. The molecule has 3 fully saturated rings. The molecular weight excluding hydrogens is 385 g/mol. The Morgan fingerprint density at radius 1 is 0.778 bits per heavy atom. The number of benzene rings is 2. The Hall–Kier alpha value is -1.92. The van der Waals surface area contributed by atoms with Gasteiger partial charge in [0, 0.05) is 13.1 Å². The van der Waals surface area contributed by atoms with Crippen molar-refractivity contribution < 1.29 is 9.59 Å². The lowest BCUT2D eigenvalue weighted by molar-refractivity contribution is -0.126. The molecule has 3 heterocycles. The van der Waals surface area contributed by atoms with Crippen LogP contribution in [0.1, 0.15) is 18.0 Å². The summed E-state index contributed by atoms with van der Waals surface area (Å²) >= 11 is 12.6. The molecule has 0 aromatic heterocycles. The fourth-order valence-corrected chi connectivity index (χ4v) is 5.25. The summed E-state index contributed by atoms with van der Waals surface area (Å²) in [5.41, 5.74) is 1.34. The molecule has 3 atom stereocenters. The van der Waals surface area contributed by atoms with Crippen LogP contribution >= 0.6 is 23.2 Å². The molecule has 138 valence electrons. The summed E-state index contributed by atoms with van der Waals surface area (Å²) in [6.45, 7) is 1.62. The van der Waals surface area contributed by atoms with Crippen LogP contribution in [0.4, 0.5) is 5.69 Å². The van der Waals surface area contributed by atoms with Gasteiger partial charge in [0.15, 0.2) is 0 Å². The summed E-state index contributed by atoms with van der Waals surface area (Å²) in [5.74, 6) is -0.943. The average molecular weight is 402 g/mol. The van der Waals surface area contributed by atoms with E-state index in [2.05, 4.69) is 10.0 Å². The normalized spacial score (nSPS) is 28.1. The van der Waals surface area contributed by atoms with E-state index in [1.165, 1.54) is 4.90 Å². The molecule has 3 aliphatic heterocycles. The van der Waals surface area contributed by atoms with E-state index in [1.54, 1.807) is 18.2 Å². The smallest absolute Gasteiger partial charge is 0.253 e. The van der Waals surface area contributed by atoms with Crippen molar-refractivity contribution in [3.05, 3.63) is 64.1 Å². The second-order valence-corrected chi connectivity index (χ2v) is 7.90. The highest BCUT2D eigenvalue weighted by atomic mass is 35.5. The van der Waals surface area contributed by atoms with Gasteiger partial charge in [0.05, 0.1) is 27.7 Å². The number of imide groups is 1. The van der Waals surface area contributed by atoms with Gasteiger partial charge in [-0.05, 0) is 24.1 Å². The Balaban J connectivity index is 1.63. The van der Waals surface area contributed by atoms with Crippen molar-refractivity contribution in [3.63, 3.8) is 0 Å². The summed E-state index contributed by atoms with van der Waals surface area (Å²) in [4.78, 5) is 28.0. The number of hydrazine groups is 1. The number of rotatable bonds is 2. The number of para-hydroxylation sites is 1. The highest BCUT2D eigenvalue weighted by Gasteiger charge is 2.63. The molecule has 0 aliphatic carbocycles. The standard InChI is InChI=1S/C20H17Cl2N3O2/c21-13-8-4-9-14(22)17(13)25-19(26)15-16(12-6-2-1-3-7-12)23-10-5-11-24(23)18(15)20(25)27/h1-4,6-9,15-16,18H,5,10-11H2. The van der Waals surface area contributed by atoms with Crippen LogP contribution in [0.25, 0.3) is 0 Å². The number of halogens is 2. The van der Waals surface area contributed by atoms with Gasteiger partial charge in [0.25, 0.3) is 5.91 Å². The van der Waals surface area contributed by atoms with E-state index in [1.807, 2.05) is 30.3 Å². The van der Waals surface area contributed by atoms with E-state index in [-0.39, 0.29) is 17.9 Å². The lowest BCUT2D eigenvalue weighted by atomic mass is 9.90. The Kier molecular flexibility index (Phi) is 4.02. The van der Waals surface area contributed by atoms with E-state index in [0.29, 0.717) is 15.7 Å². The topological polar surface area (TPSA) is 43.9 Å². The van der Waals surface area contributed by atoms with Gasteiger partial charge in [0.1, 0.15) is 6.04 Å². The molecule has 5 rings (SSSR count). The third kappa shape index (κ3) is 2.39. The van der Waals surface area contributed by atoms with Gasteiger partial charge in [-0.15, -0.1) is 0 Å². The first kappa shape index (κ1) is 17.2. The van der Waals surface area contributed by atoms with Crippen molar-refractivity contribution in [2.24, 2.45) is 5.92 Å². The first-order valence-electron chi connectivity index (χ1n) is 8.99. The van der Waals surface area contributed by atoms with Crippen LogP contribution in [0.5, 0.6) is 0 Å². The van der Waals surface area contributed by atoms with Crippen molar-refractivity contribution in [1.29, 1.82) is 0 Å². The number of fused-ring (bicyclic) bond motifs is 3. The number of carbonyl (C=O) groups is 2. The monoisotopic (exact) mass is 401 g/mol. The fourth-order valence-electron chi connectivity index (χ4n) is 4.69. The summed E-state index contributed by atoms with van der Waals surface area (Å²) < 4.78 is 0. The molecule has 3 saturated heterocycles. The predicted molar refractivity (Wildman–Crippen MR) is 103 cm³/mol. The van der Waals surface area contributed by atoms with Crippen LogP contribution < -0.4 is 4.90 Å². The molecule has 0 saturated carbocycles. The highest BCUT2D eigenvalue weighted by Crippen LogP contribution is 2.50. The zero-order valence-corrected chi connectivity index (χ0v) is 15.9. The quantitative estimate of drug-likeness (QED) is 0.721. The Labute approximate surface area is 167 Å². The highest BCUT2D eigenvalue weighted by molar-refractivity contribution is 6.42. The zero-order chi connectivity index (χ0) is 18.7. The van der Waals surface area contributed by atoms with Gasteiger partial charge in [-0.2, -0.15) is 0 Å². The van der Waals surface area contributed by atoms with Crippen molar-refractivity contribution in [3.8, 4) is 0 Å². The van der Waals surface area contributed by atoms with Crippen LogP contribution in [0, 0.1) is 5.92 Å². The molecule has 2 amide bonds. The third-order valence-electron chi connectivity index (χ3n) is 5.71. The number of hydrogen-bond donors (Lipinski definition) is 0. The van der Waals surface area contributed by atoms with E-state index < -0.39 is 12.0 Å². The Bertz CT molecular complexity index is 916. The molecule has 5 nitrogen and oxygen atoms in total. The summed E-state index contributed by atoms with van der Waals surface area (Å²) in [6.07, 6.45) is 0.973. The lowest BCUT2D eigenvalue weighted by Gasteiger charge is -2.30. The predicted octanol–water partition coefficient (Wildman–Crippen LogP) is 3.53. The summed E-state index contributed by atoms with van der Waals surface area (Å²) in [7, 11) is 0. The maximum absolute atomic E-state index is 13.5. The van der Waals surface area contributed by atoms with Crippen LogP contribution in [-0.2, 0) is 9.59 Å². The molecule has 7 heteroatoms. The van der Waals surface area contributed by atoms with Crippen LogP contribution in [0.15, 0.2) is 48.5 Å². The molecule has 0 N–H and O–H groups in total. The van der Waals surface area contributed by atoms with E-state index in [9.17, 15) is 9.59 Å². The van der Waals surface area contributed by atoms with Gasteiger partial charge < -0.3 is 0 Å². The molecule has 0 spiro atoms. The second kappa shape index (κ2) is 6.31. The minimum absolute atomic E-state index is 0.151. The van der Waals surface area contributed by atoms with Crippen molar-refractivity contribution in [2.45, 2.75) is 18.5 Å². The fraction of sp³-hybridized carbons (Fsp3) is 0.300. The number of carbonyl (C=O) groups excluding carboxylic acids is 2. The minimum Gasteiger partial charge on any atom is -0.274 e. The second-order valence-electron chi connectivity index (χ2n) is 7.09.